The molecule has 1 aliphatic heterocycles. The van der Waals surface area contributed by atoms with E-state index < -0.39 is 4.92 Å². The predicted molar refractivity (Wildman–Crippen MR) is 79.2 cm³/mol. The van der Waals surface area contributed by atoms with Crippen LogP contribution in [0.15, 0.2) is 12.7 Å². The Kier molecular flexibility index (Phi) is 4.88. The van der Waals surface area contributed by atoms with E-state index in [0.29, 0.717) is 19.7 Å². The quantitative estimate of drug-likeness (QED) is 0.388. The van der Waals surface area contributed by atoms with E-state index in [0.717, 1.165) is 12.8 Å². The first-order valence-corrected chi connectivity index (χ1v) is 6.64. The van der Waals surface area contributed by atoms with Gasteiger partial charge in [0.05, 0.1) is 11.0 Å². The summed E-state index contributed by atoms with van der Waals surface area (Å²) >= 11 is 0. The standard InChI is InChI=1S/C12H18N6O3/c1-2-5-14-12-16-10(13)9(18(19)20)11(17-12)15-7-8-4-3-6-21-8/h2,8H,1,3-7H2,(H4,13,14,15,16,17). The van der Waals surface area contributed by atoms with Crippen LogP contribution in [0.25, 0.3) is 0 Å². The molecule has 1 fully saturated rings. The summed E-state index contributed by atoms with van der Waals surface area (Å²) in [4.78, 5) is 18.5. The van der Waals surface area contributed by atoms with Gasteiger partial charge in [0.15, 0.2) is 0 Å². The van der Waals surface area contributed by atoms with Crippen LogP contribution in [0.1, 0.15) is 12.8 Å². The molecular weight excluding hydrogens is 276 g/mol. The Bertz CT molecular complexity index is 530. The Hall–Kier alpha value is -2.42. The molecule has 0 radical (unpaired) electrons. The molecule has 4 N–H and O–H groups in total. The third-order valence-electron chi connectivity index (χ3n) is 3.02. The van der Waals surface area contributed by atoms with Gasteiger partial charge in [-0.15, -0.1) is 6.58 Å². The number of rotatable bonds is 7. The first-order chi connectivity index (χ1) is 10.1. The summed E-state index contributed by atoms with van der Waals surface area (Å²) < 4.78 is 5.46. The van der Waals surface area contributed by atoms with E-state index in [2.05, 4.69) is 27.2 Å². The molecule has 9 heteroatoms. The fourth-order valence-corrected chi connectivity index (χ4v) is 2.03. The number of ether oxygens (including phenoxy) is 1. The minimum absolute atomic E-state index is 0.0328. The topological polar surface area (TPSA) is 128 Å². The maximum atomic E-state index is 11.1. The van der Waals surface area contributed by atoms with Gasteiger partial charge in [0.2, 0.25) is 17.6 Å². The number of nitro groups is 1. The molecule has 114 valence electrons. The monoisotopic (exact) mass is 294 g/mol. The number of nitrogen functional groups attached to an aromatic ring is 1. The van der Waals surface area contributed by atoms with Gasteiger partial charge in [0, 0.05) is 19.7 Å². The fourth-order valence-electron chi connectivity index (χ4n) is 2.03. The van der Waals surface area contributed by atoms with Crippen LogP contribution < -0.4 is 16.4 Å². The lowest BCUT2D eigenvalue weighted by molar-refractivity contribution is -0.383. The SMILES string of the molecule is C=CCNc1nc(N)c([N+](=O)[O-])c(NCC2CCCO2)n1. The largest absolute Gasteiger partial charge is 0.378 e. The summed E-state index contributed by atoms with van der Waals surface area (Å²) in [5.74, 6) is 0.124. The van der Waals surface area contributed by atoms with Crippen LogP contribution in [0.5, 0.6) is 0 Å². The van der Waals surface area contributed by atoms with Crippen LogP contribution in [0.2, 0.25) is 0 Å². The number of nitrogens with two attached hydrogens (primary N) is 1. The summed E-state index contributed by atoms with van der Waals surface area (Å²) in [6.07, 6.45) is 3.57. The second kappa shape index (κ2) is 6.84. The minimum Gasteiger partial charge on any atom is -0.378 e. The highest BCUT2D eigenvalue weighted by atomic mass is 16.6. The van der Waals surface area contributed by atoms with E-state index >= 15 is 0 Å². The van der Waals surface area contributed by atoms with E-state index in [1.54, 1.807) is 6.08 Å². The first kappa shape index (κ1) is 15.0. The van der Waals surface area contributed by atoms with Crippen molar-refractivity contribution < 1.29 is 9.66 Å². The third kappa shape index (κ3) is 3.78. The lowest BCUT2D eigenvalue weighted by Gasteiger charge is -2.13. The normalized spacial score (nSPS) is 17.4. The predicted octanol–water partition coefficient (Wildman–Crippen LogP) is 1.16. The zero-order valence-corrected chi connectivity index (χ0v) is 11.5. The van der Waals surface area contributed by atoms with Gasteiger partial charge in [-0.3, -0.25) is 10.1 Å². The average Bonchev–Trinajstić information content (AvgIpc) is 2.95. The van der Waals surface area contributed by atoms with Crippen molar-refractivity contribution >= 4 is 23.3 Å². The third-order valence-corrected chi connectivity index (χ3v) is 3.02. The number of hydrogen-bond acceptors (Lipinski definition) is 8. The van der Waals surface area contributed by atoms with Crippen LogP contribution in [0, 0.1) is 10.1 Å². The van der Waals surface area contributed by atoms with Crippen molar-refractivity contribution in [2.45, 2.75) is 18.9 Å². The highest BCUT2D eigenvalue weighted by Gasteiger charge is 2.24. The molecule has 21 heavy (non-hydrogen) atoms. The molecule has 1 aromatic rings. The molecule has 0 amide bonds. The van der Waals surface area contributed by atoms with Crippen molar-refractivity contribution in [1.29, 1.82) is 0 Å². The second-order valence-electron chi connectivity index (χ2n) is 4.57. The highest BCUT2D eigenvalue weighted by molar-refractivity contribution is 5.69. The number of nitrogens with zero attached hydrogens (tertiary/aromatic N) is 3. The summed E-state index contributed by atoms with van der Waals surface area (Å²) in [5.41, 5.74) is 5.33. The number of nitrogens with one attached hydrogen (secondary N) is 2. The van der Waals surface area contributed by atoms with E-state index in [-0.39, 0.29) is 29.4 Å². The number of aromatic nitrogens is 2. The molecular formula is C12H18N6O3. The lowest BCUT2D eigenvalue weighted by atomic mass is 10.2. The van der Waals surface area contributed by atoms with Gasteiger partial charge in [-0.1, -0.05) is 6.08 Å². The second-order valence-corrected chi connectivity index (χ2v) is 4.57. The first-order valence-electron chi connectivity index (χ1n) is 6.64. The minimum atomic E-state index is -0.593. The Morgan fingerprint density at radius 1 is 1.52 bits per heavy atom. The van der Waals surface area contributed by atoms with Gasteiger partial charge in [-0.05, 0) is 12.8 Å². The van der Waals surface area contributed by atoms with E-state index in [1.807, 2.05) is 0 Å². The van der Waals surface area contributed by atoms with Gasteiger partial charge >= 0.3 is 5.69 Å². The Morgan fingerprint density at radius 2 is 2.33 bits per heavy atom. The maximum Gasteiger partial charge on any atom is 0.353 e. The molecule has 1 saturated heterocycles. The van der Waals surface area contributed by atoms with Crippen molar-refractivity contribution in [3.8, 4) is 0 Å². The Balaban J connectivity index is 2.18. The molecule has 1 unspecified atom stereocenters. The molecule has 1 aromatic heterocycles. The molecule has 2 rings (SSSR count). The van der Waals surface area contributed by atoms with Crippen LogP contribution in [0.3, 0.4) is 0 Å². The average molecular weight is 294 g/mol. The van der Waals surface area contributed by atoms with E-state index in [9.17, 15) is 10.1 Å². The van der Waals surface area contributed by atoms with Gasteiger partial charge in [0.25, 0.3) is 0 Å². The Morgan fingerprint density at radius 3 is 2.95 bits per heavy atom. The van der Waals surface area contributed by atoms with Crippen molar-refractivity contribution in [3.63, 3.8) is 0 Å². The van der Waals surface area contributed by atoms with Crippen molar-refractivity contribution in [2.75, 3.05) is 36.1 Å². The van der Waals surface area contributed by atoms with Crippen LogP contribution in [-0.4, -0.2) is 40.7 Å². The van der Waals surface area contributed by atoms with Gasteiger partial charge in [-0.2, -0.15) is 9.97 Å². The van der Waals surface area contributed by atoms with E-state index in [1.165, 1.54) is 0 Å². The number of anilines is 3. The summed E-state index contributed by atoms with van der Waals surface area (Å²) in [6, 6.07) is 0. The summed E-state index contributed by atoms with van der Waals surface area (Å²) in [6.45, 7) is 5.16. The fraction of sp³-hybridized carbons (Fsp3) is 0.500. The molecule has 0 aliphatic carbocycles. The van der Waals surface area contributed by atoms with Gasteiger partial charge in [0.1, 0.15) is 0 Å². The smallest absolute Gasteiger partial charge is 0.353 e. The van der Waals surface area contributed by atoms with Crippen molar-refractivity contribution in [2.24, 2.45) is 0 Å². The van der Waals surface area contributed by atoms with Gasteiger partial charge < -0.3 is 21.1 Å². The summed E-state index contributed by atoms with van der Waals surface area (Å²) in [5, 5.41) is 16.9. The molecule has 1 aliphatic rings. The Labute approximate surface area is 121 Å². The van der Waals surface area contributed by atoms with Crippen molar-refractivity contribution in [3.05, 3.63) is 22.8 Å². The van der Waals surface area contributed by atoms with Crippen LogP contribution in [0.4, 0.5) is 23.3 Å². The molecule has 0 bridgehead atoms. The summed E-state index contributed by atoms with van der Waals surface area (Å²) in [7, 11) is 0. The van der Waals surface area contributed by atoms with E-state index in [4.69, 9.17) is 10.5 Å². The van der Waals surface area contributed by atoms with Crippen LogP contribution in [-0.2, 0) is 4.74 Å². The lowest BCUT2D eigenvalue weighted by Crippen LogP contribution is -2.20. The van der Waals surface area contributed by atoms with Gasteiger partial charge in [-0.25, -0.2) is 0 Å². The molecule has 1 atom stereocenters. The molecule has 0 spiro atoms. The molecule has 2 heterocycles. The zero-order valence-electron chi connectivity index (χ0n) is 11.5. The number of hydrogen-bond donors (Lipinski definition) is 3. The van der Waals surface area contributed by atoms with Crippen LogP contribution >= 0.6 is 0 Å². The molecule has 0 saturated carbocycles. The maximum absolute atomic E-state index is 11.1. The molecule has 9 nitrogen and oxygen atoms in total. The van der Waals surface area contributed by atoms with Crippen molar-refractivity contribution in [1.82, 2.24) is 9.97 Å². The highest BCUT2D eigenvalue weighted by Crippen LogP contribution is 2.29. The molecule has 0 aromatic carbocycles. The zero-order chi connectivity index (χ0) is 15.2.